The zero-order chi connectivity index (χ0) is 15.8. The summed E-state index contributed by atoms with van der Waals surface area (Å²) >= 11 is 0. The Morgan fingerprint density at radius 3 is 2.10 bits per heavy atom. The van der Waals surface area contributed by atoms with Gasteiger partial charge in [0, 0.05) is 17.5 Å². The van der Waals surface area contributed by atoms with Crippen LogP contribution in [0.5, 0.6) is 0 Å². The van der Waals surface area contributed by atoms with Gasteiger partial charge in [0.15, 0.2) is 0 Å². The first-order chi connectivity index (χ1) is 9.26. The molecule has 1 rings (SSSR count). The van der Waals surface area contributed by atoms with Crippen molar-refractivity contribution in [3.8, 4) is 12.3 Å². The number of ether oxygens (including phenoxy) is 1. The number of nitrogens with zero attached hydrogens (tertiary/aromatic N) is 1. The first kappa shape index (κ1) is 18.7. The fourth-order valence-corrected chi connectivity index (χ4v) is 1.90. The summed E-state index contributed by atoms with van der Waals surface area (Å²) in [6.07, 6.45) is 6.11. The van der Waals surface area contributed by atoms with Crippen LogP contribution in [0.3, 0.4) is 0 Å². The molecule has 0 bridgehead atoms. The Bertz CT molecular complexity index is 455. The number of halogens is 4. The molecule has 0 amide bonds. The average Bonchev–Trinajstić information content (AvgIpc) is 2.95. The van der Waals surface area contributed by atoms with Crippen LogP contribution in [0.2, 0.25) is 0 Å². The topological polar surface area (TPSA) is 12.2 Å². The highest BCUT2D eigenvalue weighted by atomic mass is 19.5. The third-order valence-corrected chi connectivity index (χ3v) is 2.79. The second-order valence-electron chi connectivity index (χ2n) is 4.13. The van der Waals surface area contributed by atoms with E-state index < -0.39 is 7.25 Å². The van der Waals surface area contributed by atoms with Crippen molar-refractivity contribution in [3.05, 3.63) is 16.5 Å². The molecule has 0 atom stereocenters. The Morgan fingerprint density at radius 2 is 1.70 bits per heavy atom. The summed E-state index contributed by atoms with van der Waals surface area (Å²) in [6.45, 7) is 9.89. The lowest BCUT2D eigenvalue weighted by atomic mass is 10.3. The number of rotatable bonds is 6. The largest absolute Gasteiger partial charge is 0.673 e. The van der Waals surface area contributed by atoms with Crippen molar-refractivity contribution in [1.82, 2.24) is 4.58 Å². The van der Waals surface area contributed by atoms with Crippen LogP contribution in [-0.4, -0.2) is 33.6 Å². The van der Waals surface area contributed by atoms with E-state index >= 15 is 0 Å². The van der Waals surface area contributed by atoms with E-state index in [-0.39, 0.29) is 0 Å². The molecule has 0 aliphatic rings. The minimum absolute atomic E-state index is 0.424. The molecule has 0 unspecified atom stereocenters. The average molecular weight is 293 g/mol. The minimum atomic E-state index is -6.00. The molecule has 2 nitrogen and oxygen atoms in total. The lowest BCUT2D eigenvalue weighted by molar-refractivity contribution is 0.171. The maximum atomic E-state index is 9.75. The van der Waals surface area contributed by atoms with Gasteiger partial charge in [0.2, 0.25) is 5.36 Å². The van der Waals surface area contributed by atoms with Crippen LogP contribution in [0.15, 0.2) is 0 Å². The van der Waals surface area contributed by atoms with Crippen LogP contribution in [0.4, 0.5) is 17.3 Å². The highest BCUT2D eigenvalue weighted by Gasteiger charge is 2.23. The van der Waals surface area contributed by atoms with Gasteiger partial charge in [-0.15, -0.1) is 6.42 Å². The molecular formula is C13H20BF4NO. The Hall–Kier alpha value is -1.29. The number of hydrogen-bond acceptors (Lipinski definition) is 1. The fourth-order valence-electron chi connectivity index (χ4n) is 1.90. The second-order valence-corrected chi connectivity index (χ2v) is 4.13. The Labute approximate surface area is 117 Å². The molecule has 0 saturated carbocycles. The molecule has 0 aliphatic carbocycles. The van der Waals surface area contributed by atoms with Gasteiger partial charge in [-0.3, -0.25) is 0 Å². The summed E-state index contributed by atoms with van der Waals surface area (Å²) in [5.74, 6) is 2.47. The van der Waals surface area contributed by atoms with Gasteiger partial charge in [-0.1, -0.05) is 5.92 Å². The molecule has 0 radical (unpaired) electrons. The molecule has 1 aromatic rings. The van der Waals surface area contributed by atoms with Crippen molar-refractivity contribution >= 4 is 7.25 Å². The number of hydrogen-bond donors (Lipinski definition) is 0. The standard InChI is InChI=1S/C13H20NO.BF4/c1-5-9-15-10-8-12-11(4)13(12)14(6-2)7-3;2-1(3,4)5/h1H,6-10H2,2-4H3;/q+1;-1. The van der Waals surface area contributed by atoms with Gasteiger partial charge in [0.1, 0.15) is 19.7 Å². The van der Waals surface area contributed by atoms with Crippen molar-refractivity contribution < 1.29 is 22.0 Å². The number of terminal acetylenes is 1. The van der Waals surface area contributed by atoms with Gasteiger partial charge >= 0.3 is 7.25 Å². The van der Waals surface area contributed by atoms with E-state index in [4.69, 9.17) is 11.2 Å². The summed E-state index contributed by atoms with van der Waals surface area (Å²) in [7, 11) is -6.00. The van der Waals surface area contributed by atoms with Crippen LogP contribution in [-0.2, 0) is 11.2 Å². The van der Waals surface area contributed by atoms with Gasteiger partial charge in [0.05, 0.1) is 6.61 Å². The Kier molecular flexibility index (Phi) is 8.23. The molecular weight excluding hydrogens is 273 g/mol. The van der Waals surface area contributed by atoms with Gasteiger partial charge in [-0.05, 0) is 20.8 Å². The molecule has 0 heterocycles. The summed E-state index contributed by atoms with van der Waals surface area (Å²) < 4.78 is 46.7. The van der Waals surface area contributed by atoms with Crippen molar-refractivity contribution in [2.24, 2.45) is 0 Å². The summed E-state index contributed by atoms with van der Waals surface area (Å²) in [6, 6.07) is 0. The zero-order valence-corrected chi connectivity index (χ0v) is 12.1. The van der Waals surface area contributed by atoms with Crippen molar-refractivity contribution in [3.63, 3.8) is 0 Å². The first-order valence-corrected chi connectivity index (χ1v) is 6.47. The summed E-state index contributed by atoms with van der Waals surface area (Å²) in [5.41, 5.74) is 2.92. The molecule has 7 heteroatoms. The summed E-state index contributed by atoms with van der Waals surface area (Å²) in [4.78, 5) is 0. The molecule has 0 spiro atoms. The minimum Gasteiger partial charge on any atom is -0.418 e. The maximum absolute atomic E-state index is 9.75. The fraction of sp³-hybridized carbons (Fsp3) is 0.615. The van der Waals surface area contributed by atoms with Crippen molar-refractivity contribution in [1.29, 1.82) is 0 Å². The third kappa shape index (κ3) is 8.00. The van der Waals surface area contributed by atoms with Crippen LogP contribution in [0, 0.1) is 19.3 Å². The van der Waals surface area contributed by atoms with E-state index in [1.165, 1.54) is 16.5 Å². The van der Waals surface area contributed by atoms with Gasteiger partial charge in [-0.2, -0.15) is 0 Å². The molecule has 0 saturated heterocycles. The molecule has 20 heavy (non-hydrogen) atoms. The van der Waals surface area contributed by atoms with E-state index in [1.807, 2.05) is 0 Å². The van der Waals surface area contributed by atoms with Crippen LogP contribution >= 0.6 is 0 Å². The lowest BCUT2D eigenvalue weighted by Gasteiger charge is -1.94. The molecule has 0 N–H and O–H groups in total. The monoisotopic (exact) mass is 293 g/mol. The highest BCUT2D eigenvalue weighted by Crippen LogP contribution is 2.08. The van der Waals surface area contributed by atoms with E-state index in [0.29, 0.717) is 6.61 Å². The molecule has 1 aromatic carbocycles. The van der Waals surface area contributed by atoms with Crippen LogP contribution in [0.25, 0.3) is 0 Å². The maximum Gasteiger partial charge on any atom is 0.673 e. The van der Waals surface area contributed by atoms with Crippen molar-refractivity contribution in [2.45, 2.75) is 27.2 Å². The Balaban J connectivity index is 0.000000621. The van der Waals surface area contributed by atoms with Gasteiger partial charge < -0.3 is 22.0 Å². The molecule has 114 valence electrons. The predicted octanol–water partition coefficient (Wildman–Crippen LogP) is 2.17. The molecule has 0 aliphatic heterocycles. The lowest BCUT2D eigenvalue weighted by Crippen LogP contribution is -2.25. The van der Waals surface area contributed by atoms with Crippen molar-refractivity contribution in [2.75, 3.05) is 26.3 Å². The van der Waals surface area contributed by atoms with E-state index in [9.17, 15) is 17.3 Å². The van der Waals surface area contributed by atoms with Crippen LogP contribution < -0.4 is 9.93 Å². The third-order valence-electron chi connectivity index (χ3n) is 2.79. The summed E-state index contributed by atoms with van der Waals surface area (Å²) in [5, 5.41) is 1.45. The van der Waals surface area contributed by atoms with E-state index in [0.717, 1.165) is 26.1 Å². The quantitative estimate of drug-likeness (QED) is 0.257. The first-order valence-electron chi connectivity index (χ1n) is 6.47. The molecule has 0 aromatic heterocycles. The van der Waals surface area contributed by atoms with E-state index in [1.54, 1.807) is 0 Å². The SMILES string of the molecule is C#CCOCCc1c(C)c1=[N+](CC)CC.F[B-](F)(F)F. The van der Waals surface area contributed by atoms with Gasteiger partial charge in [-0.25, -0.2) is 4.58 Å². The van der Waals surface area contributed by atoms with E-state index in [2.05, 4.69) is 31.3 Å². The molecule has 0 fully saturated rings. The van der Waals surface area contributed by atoms with Gasteiger partial charge in [0.25, 0.3) is 0 Å². The smallest absolute Gasteiger partial charge is 0.418 e. The zero-order valence-electron chi connectivity index (χ0n) is 12.1. The highest BCUT2D eigenvalue weighted by molar-refractivity contribution is 6.50. The Morgan fingerprint density at radius 1 is 1.20 bits per heavy atom. The van der Waals surface area contributed by atoms with Crippen LogP contribution in [0.1, 0.15) is 25.0 Å². The second kappa shape index (κ2) is 8.80. The normalized spacial score (nSPS) is 10.9. The predicted molar refractivity (Wildman–Crippen MR) is 73.4 cm³/mol.